The summed E-state index contributed by atoms with van der Waals surface area (Å²) < 4.78 is 0. The second-order valence-electron chi connectivity index (χ2n) is 5.37. The second kappa shape index (κ2) is 5.42. The monoisotopic (exact) mass is 248 g/mol. The molecule has 0 radical (unpaired) electrons. The Hall–Kier alpha value is -1.51. The van der Waals surface area contributed by atoms with Crippen LogP contribution in [0.1, 0.15) is 44.1 Å². The van der Waals surface area contributed by atoms with Crippen molar-refractivity contribution in [3.63, 3.8) is 0 Å². The van der Waals surface area contributed by atoms with E-state index < -0.39 is 5.97 Å². The molecule has 0 heterocycles. The quantitative estimate of drug-likeness (QED) is 0.789. The number of phenols is 1. The molecule has 3 unspecified atom stereocenters. The van der Waals surface area contributed by atoms with E-state index in [1.54, 1.807) is 12.1 Å². The van der Waals surface area contributed by atoms with Gasteiger partial charge in [0.25, 0.3) is 0 Å². The van der Waals surface area contributed by atoms with Gasteiger partial charge in [0.15, 0.2) is 0 Å². The highest BCUT2D eigenvalue weighted by Crippen LogP contribution is 2.37. The van der Waals surface area contributed by atoms with Crippen molar-refractivity contribution >= 4 is 5.97 Å². The third kappa shape index (κ3) is 2.84. The van der Waals surface area contributed by atoms with Crippen LogP contribution in [0.25, 0.3) is 0 Å². The summed E-state index contributed by atoms with van der Waals surface area (Å²) in [6.45, 7) is 2.04. The molecule has 18 heavy (non-hydrogen) atoms. The van der Waals surface area contributed by atoms with Crippen LogP contribution in [0.4, 0.5) is 0 Å². The van der Waals surface area contributed by atoms with E-state index in [0.29, 0.717) is 5.92 Å². The lowest BCUT2D eigenvalue weighted by molar-refractivity contribution is -0.143. The number of hydrogen-bond donors (Lipinski definition) is 2. The van der Waals surface area contributed by atoms with Crippen LogP contribution in [0.15, 0.2) is 24.3 Å². The molecule has 1 fully saturated rings. The van der Waals surface area contributed by atoms with Gasteiger partial charge in [-0.25, -0.2) is 0 Å². The molecular formula is C15H20O3. The van der Waals surface area contributed by atoms with Crippen molar-refractivity contribution in [2.24, 2.45) is 11.8 Å². The van der Waals surface area contributed by atoms with E-state index in [0.717, 1.165) is 25.7 Å². The van der Waals surface area contributed by atoms with Gasteiger partial charge < -0.3 is 10.2 Å². The highest BCUT2D eigenvalue weighted by Gasteiger charge is 2.29. The number of phenolic OH excluding ortho intramolecular Hbond substituents is 1. The summed E-state index contributed by atoms with van der Waals surface area (Å²) in [5, 5.41) is 18.5. The minimum absolute atomic E-state index is 0.202. The first kappa shape index (κ1) is 12.9. The maximum atomic E-state index is 11.2. The van der Waals surface area contributed by atoms with Crippen molar-refractivity contribution in [3.8, 4) is 5.75 Å². The van der Waals surface area contributed by atoms with Crippen molar-refractivity contribution in [2.45, 2.75) is 38.5 Å². The van der Waals surface area contributed by atoms with Crippen molar-refractivity contribution in [2.75, 3.05) is 0 Å². The smallest absolute Gasteiger partial charge is 0.306 e. The number of hydrogen-bond acceptors (Lipinski definition) is 2. The van der Waals surface area contributed by atoms with Gasteiger partial charge in [0, 0.05) is 0 Å². The molecule has 1 saturated carbocycles. The topological polar surface area (TPSA) is 57.5 Å². The molecule has 2 N–H and O–H groups in total. The van der Waals surface area contributed by atoms with Crippen LogP contribution in [-0.4, -0.2) is 16.2 Å². The van der Waals surface area contributed by atoms with E-state index in [2.05, 4.69) is 0 Å². The molecule has 0 aromatic heterocycles. The summed E-state index contributed by atoms with van der Waals surface area (Å²) in [6, 6.07) is 7.31. The largest absolute Gasteiger partial charge is 0.508 e. The predicted molar refractivity (Wildman–Crippen MR) is 69.6 cm³/mol. The van der Waals surface area contributed by atoms with Crippen LogP contribution in [0.2, 0.25) is 0 Å². The predicted octanol–water partition coefficient (Wildman–Crippen LogP) is 3.39. The van der Waals surface area contributed by atoms with E-state index in [4.69, 9.17) is 0 Å². The molecular weight excluding hydrogens is 228 g/mol. The van der Waals surface area contributed by atoms with Crippen LogP contribution in [-0.2, 0) is 4.79 Å². The molecule has 3 heteroatoms. The molecule has 2 rings (SSSR count). The fourth-order valence-electron chi connectivity index (χ4n) is 2.92. The van der Waals surface area contributed by atoms with Gasteiger partial charge in [-0.3, -0.25) is 4.79 Å². The van der Waals surface area contributed by atoms with E-state index >= 15 is 0 Å². The Balaban J connectivity index is 2.09. The zero-order valence-electron chi connectivity index (χ0n) is 10.7. The maximum Gasteiger partial charge on any atom is 0.306 e. The zero-order valence-corrected chi connectivity index (χ0v) is 10.7. The third-order valence-corrected chi connectivity index (χ3v) is 4.17. The van der Waals surface area contributed by atoms with Crippen LogP contribution in [0.3, 0.4) is 0 Å². The number of carbonyl (C=O) groups is 1. The van der Waals surface area contributed by atoms with E-state index in [1.807, 2.05) is 19.1 Å². The lowest BCUT2D eigenvalue weighted by Crippen LogP contribution is -2.20. The van der Waals surface area contributed by atoms with Crippen molar-refractivity contribution in [1.82, 2.24) is 0 Å². The number of carboxylic acids is 1. The Labute approximate surface area is 107 Å². The van der Waals surface area contributed by atoms with Crippen LogP contribution in [0.5, 0.6) is 5.75 Å². The number of aliphatic carboxylic acids is 1. The van der Waals surface area contributed by atoms with E-state index in [1.165, 1.54) is 5.56 Å². The van der Waals surface area contributed by atoms with Crippen molar-refractivity contribution in [1.29, 1.82) is 0 Å². The summed E-state index contributed by atoms with van der Waals surface area (Å²) in [7, 11) is 0. The number of carboxylic acid groups (broad SMARTS) is 1. The standard InChI is InChI=1S/C15H20O3/c1-10-2-3-11(6-9-14(10)15(17)18)12-4-7-13(16)8-5-12/h4-5,7-8,10-11,14,16H,2-3,6,9H2,1H3,(H,17,18). The Bertz CT molecular complexity index is 410. The van der Waals surface area contributed by atoms with Crippen LogP contribution >= 0.6 is 0 Å². The summed E-state index contributed by atoms with van der Waals surface area (Å²) in [5.74, 6) is 0.104. The molecule has 1 aromatic carbocycles. The first-order valence-electron chi connectivity index (χ1n) is 6.59. The van der Waals surface area contributed by atoms with Gasteiger partial charge in [-0.2, -0.15) is 0 Å². The van der Waals surface area contributed by atoms with Gasteiger partial charge in [0.05, 0.1) is 5.92 Å². The highest BCUT2D eigenvalue weighted by molar-refractivity contribution is 5.70. The Kier molecular flexibility index (Phi) is 3.90. The van der Waals surface area contributed by atoms with Gasteiger partial charge in [-0.1, -0.05) is 19.1 Å². The summed E-state index contributed by atoms with van der Waals surface area (Å²) in [4.78, 5) is 11.2. The lowest BCUT2D eigenvalue weighted by atomic mass is 9.90. The molecule has 0 bridgehead atoms. The molecule has 1 aliphatic rings. The van der Waals surface area contributed by atoms with Gasteiger partial charge >= 0.3 is 5.97 Å². The minimum atomic E-state index is -0.658. The average molecular weight is 248 g/mol. The summed E-state index contributed by atoms with van der Waals surface area (Å²) in [5.41, 5.74) is 1.21. The Morgan fingerprint density at radius 3 is 2.33 bits per heavy atom. The van der Waals surface area contributed by atoms with Crippen molar-refractivity contribution in [3.05, 3.63) is 29.8 Å². The molecule has 98 valence electrons. The average Bonchev–Trinajstić information content (AvgIpc) is 2.52. The summed E-state index contributed by atoms with van der Waals surface area (Å²) in [6.07, 6.45) is 3.67. The van der Waals surface area contributed by atoms with Gasteiger partial charge in [-0.05, 0) is 55.2 Å². The van der Waals surface area contributed by atoms with Gasteiger partial charge in [-0.15, -0.1) is 0 Å². The molecule has 1 aliphatic carbocycles. The second-order valence-corrected chi connectivity index (χ2v) is 5.37. The fraction of sp³-hybridized carbons (Fsp3) is 0.533. The SMILES string of the molecule is CC1CCC(c2ccc(O)cc2)CCC1C(=O)O. The third-order valence-electron chi connectivity index (χ3n) is 4.17. The van der Waals surface area contributed by atoms with Crippen LogP contribution in [0, 0.1) is 11.8 Å². The molecule has 0 amide bonds. The normalized spacial score (nSPS) is 28.6. The highest BCUT2D eigenvalue weighted by atomic mass is 16.4. The maximum absolute atomic E-state index is 11.2. The fourth-order valence-corrected chi connectivity index (χ4v) is 2.92. The Morgan fingerprint density at radius 1 is 1.11 bits per heavy atom. The van der Waals surface area contributed by atoms with Crippen LogP contribution < -0.4 is 0 Å². The minimum Gasteiger partial charge on any atom is -0.508 e. The lowest BCUT2D eigenvalue weighted by Gasteiger charge is -2.15. The van der Waals surface area contributed by atoms with E-state index in [-0.39, 0.29) is 17.6 Å². The number of benzene rings is 1. The first-order chi connectivity index (χ1) is 8.58. The van der Waals surface area contributed by atoms with Gasteiger partial charge in [0.1, 0.15) is 5.75 Å². The number of rotatable bonds is 2. The Morgan fingerprint density at radius 2 is 1.72 bits per heavy atom. The first-order valence-corrected chi connectivity index (χ1v) is 6.59. The molecule has 3 nitrogen and oxygen atoms in total. The molecule has 1 aromatic rings. The molecule has 0 aliphatic heterocycles. The van der Waals surface area contributed by atoms with E-state index in [9.17, 15) is 15.0 Å². The molecule has 0 saturated heterocycles. The number of aromatic hydroxyl groups is 1. The van der Waals surface area contributed by atoms with Gasteiger partial charge in [0.2, 0.25) is 0 Å². The zero-order chi connectivity index (χ0) is 13.1. The van der Waals surface area contributed by atoms with Crippen molar-refractivity contribution < 1.29 is 15.0 Å². The molecule has 3 atom stereocenters. The molecule has 0 spiro atoms. The summed E-state index contributed by atoms with van der Waals surface area (Å²) >= 11 is 0.